The molecule has 35 heavy (non-hydrogen) atoms. The number of aliphatic imine (C=N–C) groups is 1. The molecule has 200 valence electrons. The topological polar surface area (TPSA) is 258 Å². The molecule has 0 aliphatic rings. The Labute approximate surface area is 209 Å². The second-order valence-electron chi connectivity index (χ2n) is 8.08. The highest BCUT2D eigenvalue weighted by Gasteiger charge is 2.32. The minimum atomic E-state index is -1.38. The molecule has 4 amide bonds. The van der Waals surface area contributed by atoms with E-state index >= 15 is 0 Å². The summed E-state index contributed by atoms with van der Waals surface area (Å²) in [6.07, 6.45) is 0.805. The number of rotatable bonds is 17. The Hall–Kier alpha value is -3.07. The Kier molecular flexibility index (Phi) is 15.1. The summed E-state index contributed by atoms with van der Waals surface area (Å²) in [6.45, 7) is 3.87. The maximum atomic E-state index is 12.9. The van der Waals surface area contributed by atoms with E-state index < -0.39 is 53.8 Å². The summed E-state index contributed by atoms with van der Waals surface area (Å²) in [5.41, 5.74) is 21.4. The van der Waals surface area contributed by atoms with Crippen molar-refractivity contribution >= 4 is 48.2 Å². The molecule has 0 aromatic carbocycles. The van der Waals surface area contributed by atoms with Gasteiger partial charge in [0.15, 0.2) is 5.96 Å². The normalized spacial score (nSPS) is 15.0. The van der Waals surface area contributed by atoms with Crippen molar-refractivity contribution in [1.29, 1.82) is 0 Å². The van der Waals surface area contributed by atoms with Gasteiger partial charge in [0, 0.05) is 18.7 Å². The van der Waals surface area contributed by atoms with Gasteiger partial charge in [0.1, 0.15) is 18.1 Å². The fourth-order valence-electron chi connectivity index (χ4n) is 2.88. The minimum Gasteiger partial charge on any atom is -0.480 e. The van der Waals surface area contributed by atoms with Crippen molar-refractivity contribution < 1.29 is 29.1 Å². The molecule has 0 aliphatic heterocycles. The first-order valence-electron chi connectivity index (χ1n) is 11.2. The molecule has 0 heterocycles. The number of amides is 4. The van der Waals surface area contributed by atoms with Crippen LogP contribution in [0.15, 0.2) is 4.99 Å². The van der Waals surface area contributed by atoms with Crippen LogP contribution in [0.25, 0.3) is 0 Å². The number of aliphatic carboxylic acids is 1. The van der Waals surface area contributed by atoms with Crippen molar-refractivity contribution in [1.82, 2.24) is 16.0 Å². The van der Waals surface area contributed by atoms with Crippen LogP contribution >= 0.6 is 12.6 Å². The molecular weight excluding hydrogens is 480 g/mol. The monoisotopic (exact) mass is 518 g/mol. The molecule has 0 fully saturated rings. The lowest BCUT2D eigenvalue weighted by Gasteiger charge is -2.27. The van der Waals surface area contributed by atoms with Gasteiger partial charge >= 0.3 is 5.97 Å². The Bertz CT molecular complexity index is 777. The van der Waals surface area contributed by atoms with Crippen LogP contribution in [0.3, 0.4) is 0 Å². The van der Waals surface area contributed by atoms with E-state index in [0.717, 1.165) is 0 Å². The highest BCUT2D eigenvalue weighted by Crippen LogP contribution is 2.10. The van der Waals surface area contributed by atoms with Crippen LogP contribution in [-0.2, 0) is 24.0 Å². The van der Waals surface area contributed by atoms with Gasteiger partial charge < -0.3 is 44.0 Å². The second kappa shape index (κ2) is 16.5. The third-order valence-corrected chi connectivity index (χ3v) is 5.57. The Morgan fingerprint density at radius 2 is 1.54 bits per heavy atom. The van der Waals surface area contributed by atoms with Crippen molar-refractivity contribution in [2.24, 2.45) is 33.8 Å². The standard InChI is InChI=1S/C20H38N8O6S/c1-3-10(2)15(28-16(30)11(21)5-4-8-25-20(23)24)18(32)27-13(9-35)17(31)26-12(19(33)34)6-7-14(22)29/h10-13,15,35H,3-9,21H2,1-2H3,(H2,22,29)(H,26,31)(H,27,32)(H,28,30)(H,33,34)(H4,23,24,25). The van der Waals surface area contributed by atoms with Crippen LogP contribution in [0.5, 0.6) is 0 Å². The smallest absolute Gasteiger partial charge is 0.326 e. The van der Waals surface area contributed by atoms with Crippen LogP contribution in [0, 0.1) is 5.92 Å². The SMILES string of the molecule is CCC(C)C(NC(=O)C(N)CCCN=C(N)N)C(=O)NC(CS)C(=O)NC(CCC(N)=O)C(=O)O. The molecule has 0 saturated carbocycles. The third kappa shape index (κ3) is 12.8. The zero-order valence-corrected chi connectivity index (χ0v) is 20.9. The molecule has 0 spiro atoms. The van der Waals surface area contributed by atoms with Crippen molar-refractivity contribution in [2.75, 3.05) is 12.3 Å². The lowest BCUT2D eigenvalue weighted by molar-refractivity contribution is -0.142. The highest BCUT2D eigenvalue weighted by atomic mass is 32.1. The first-order chi connectivity index (χ1) is 16.3. The molecule has 0 bridgehead atoms. The molecule has 14 nitrogen and oxygen atoms in total. The van der Waals surface area contributed by atoms with Crippen molar-refractivity contribution in [3.05, 3.63) is 0 Å². The van der Waals surface area contributed by atoms with Gasteiger partial charge in [-0.1, -0.05) is 20.3 Å². The van der Waals surface area contributed by atoms with Crippen LogP contribution in [0.1, 0.15) is 46.0 Å². The maximum absolute atomic E-state index is 12.9. The number of nitrogens with two attached hydrogens (primary N) is 4. The van der Waals surface area contributed by atoms with Crippen molar-refractivity contribution in [3.8, 4) is 0 Å². The Morgan fingerprint density at radius 3 is 2.03 bits per heavy atom. The summed E-state index contributed by atoms with van der Waals surface area (Å²) in [5.74, 6) is -4.62. The van der Waals surface area contributed by atoms with E-state index in [9.17, 15) is 29.1 Å². The first-order valence-corrected chi connectivity index (χ1v) is 11.8. The number of nitrogens with one attached hydrogen (secondary N) is 3. The molecule has 0 saturated heterocycles. The zero-order chi connectivity index (χ0) is 27.1. The molecule has 5 unspecified atom stereocenters. The number of guanidine groups is 1. The van der Waals surface area contributed by atoms with Crippen LogP contribution in [0.4, 0.5) is 0 Å². The number of carboxylic acids is 1. The summed E-state index contributed by atoms with van der Waals surface area (Å²) in [6, 6.07) is -4.49. The lowest BCUT2D eigenvalue weighted by Crippen LogP contribution is -2.59. The largest absolute Gasteiger partial charge is 0.480 e. The van der Waals surface area contributed by atoms with Crippen molar-refractivity contribution in [3.63, 3.8) is 0 Å². The van der Waals surface area contributed by atoms with E-state index in [1.807, 2.05) is 6.92 Å². The minimum absolute atomic E-state index is 0.0677. The molecular formula is C20H38N8O6S. The quantitative estimate of drug-likeness (QED) is 0.0414. The maximum Gasteiger partial charge on any atom is 0.326 e. The molecule has 0 aromatic heterocycles. The van der Waals surface area contributed by atoms with Gasteiger partial charge in [0.05, 0.1) is 6.04 Å². The fourth-order valence-corrected chi connectivity index (χ4v) is 3.14. The van der Waals surface area contributed by atoms with Crippen LogP contribution in [-0.4, -0.2) is 77.1 Å². The average Bonchev–Trinajstić information content (AvgIpc) is 2.79. The van der Waals surface area contributed by atoms with Gasteiger partial charge in [-0.2, -0.15) is 12.6 Å². The van der Waals surface area contributed by atoms with Crippen LogP contribution < -0.4 is 38.9 Å². The number of hydrogen-bond acceptors (Lipinski definition) is 8. The molecule has 15 heteroatoms. The lowest BCUT2D eigenvalue weighted by atomic mass is 9.97. The van der Waals surface area contributed by atoms with Gasteiger partial charge in [0.2, 0.25) is 23.6 Å². The van der Waals surface area contributed by atoms with E-state index in [1.165, 1.54) is 0 Å². The molecule has 12 N–H and O–H groups in total. The number of carbonyl (C=O) groups is 5. The highest BCUT2D eigenvalue weighted by molar-refractivity contribution is 7.80. The van der Waals surface area contributed by atoms with E-state index in [-0.39, 0.29) is 36.9 Å². The van der Waals surface area contributed by atoms with Gasteiger partial charge in [-0.25, -0.2) is 4.79 Å². The second-order valence-corrected chi connectivity index (χ2v) is 8.44. The first kappa shape index (κ1) is 31.9. The average molecular weight is 519 g/mol. The number of carboxylic acid groups (broad SMARTS) is 1. The van der Waals surface area contributed by atoms with Gasteiger partial charge in [-0.15, -0.1) is 0 Å². The molecule has 0 radical (unpaired) electrons. The Balaban J connectivity index is 5.21. The summed E-state index contributed by atoms with van der Waals surface area (Å²) in [5, 5.41) is 16.6. The zero-order valence-electron chi connectivity index (χ0n) is 20.0. The number of hydrogen-bond donors (Lipinski definition) is 9. The summed E-state index contributed by atoms with van der Waals surface area (Å²) < 4.78 is 0. The van der Waals surface area contributed by atoms with E-state index in [0.29, 0.717) is 19.4 Å². The summed E-state index contributed by atoms with van der Waals surface area (Å²) >= 11 is 4.06. The van der Waals surface area contributed by atoms with E-state index in [1.54, 1.807) is 6.92 Å². The van der Waals surface area contributed by atoms with Gasteiger partial charge in [-0.3, -0.25) is 24.2 Å². The number of carbonyl (C=O) groups excluding carboxylic acids is 4. The molecule has 0 rings (SSSR count). The van der Waals surface area contributed by atoms with Crippen molar-refractivity contribution in [2.45, 2.75) is 70.1 Å². The summed E-state index contributed by atoms with van der Waals surface area (Å²) in [7, 11) is 0. The van der Waals surface area contributed by atoms with Crippen LogP contribution in [0.2, 0.25) is 0 Å². The Morgan fingerprint density at radius 1 is 0.943 bits per heavy atom. The van der Waals surface area contributed by atoms with Gasteiger partial charge in [0.25, 0.3) is 0 Å². The number of thiol groups is 1. The molecule has 5 atom stereocenters. The van der Waals surface area contributed by atoms with E-state index in [4.69, 9.17) is 22.9 Å². The predicted molar refractivity (Wildman–Crippen MR) is 133 cm³/mol. The number of primary amides is 1. The third-order valence-electron chi connectivity index (χ3n) is 5.21. The predicted octanol–water partition coefficient (Wildman–Crippen LogP) is -2.85. The molecule has 0 aromatic rings. The van der Waals surface area contributed by atoms with E-state index in [2.05, 4.69) is 33.6 Å². The van der Waals surface area contributed by atoms with Gasteiger partial charge in [-0.05, 0) is 25.2 Å². The fraction of sp³-hybridized carbons (Fsp3) is 0.700. The number of nitrogens with zero attached hydrogens (tertiary/aromatic N) is 1. The summed E-state index contributed by atoms with van der Waals surface area (Å²) in [4.78, 5) is 64.2. The molecule has 0 aliphatic carbocycles.